The van der Waals surface area contributed by atoms with E-state index in [2.05, 4.69) is 0 Å². The maximum absolute atomic E-state index is 12.7. The van der Waals surface area contributed by atoms with Crippen LogP contribution in [0, 0.1) is 5.82 Å². The van der Waals surface area contributed by atoms with Crippen molar-refractivity contribution >= 4 is 29.4 Å². The quantitative estimate of drug-likeness (QED) is 0.537. The van der Waals surface area contributed by atoms with Gasteiger partial charge in [0.05, 0.1) is 5.75 Å². The number of nitrogens with one attached hydrogen (secondary N) is 1. The van der Waals surface area contributed by atoms with E-state index in [0.717, 1.165) is 17.8 Å². The third kappa shape index (κ3) is 3.77. The number of imide groups is 1. The molecule has 5 N–H and O–H groups in total. The monoisotopic (exact) mass is 243 g/mol. The Morgan fingerprint density at radius 2 is 2.12 bits per heavy atom. The first-order valence-corrected chi connectivity index (χ1v) is 5.24. The Kier molecular flexibility index (Phi) is 4.12. The van der Waals surface area contributed by atoms with E-state index in [-0.39, 0.29) is 11.4 Å². The zero-order valence-corrected chi connectivity index (χ0v) is 9.01. The molecule has 0 aliphatic heterocycles. The molecular formula is C9H10FN3O2S. The summed E-state index contributed by atoms with van der Waals surface area (Å²) in [5, 5.41) is 1.91. The summed E-state index contributed by atoms with van der Waals surface area (Å²) in [7, 11) is 0. The fourth-order valence-electron chi connectivity index (χ4n) is 0.968. The number of rotatable bonds is 3. The highest BCUT2D eigenvalue weighted by molar-refractivity contribution is 8.00. The number of nitrogens with two attached hydrogens (primary N) is 2. The summed E-state index contributed by atoms with van der Waals surface area (Å²) in [5.41, 5.74) is 10.5. The molecule has 1 aromatic carbocycles. The number of carbonyl (C=O) groups excluding carboxylic acids is 2. The van der Waals surface area contributed by atoms with E-state index in [0.29, 0.717) is 4.90 Å². The van der Waals surface area contributed by atoms with Crippen LogP contribution in [0.15, 0.2) is 23.1 Å². The van der Waals surface area contributed by atoms with Crippen molar-refractivity contribution in [1.29, 1.82) is 0 Å². The normalized spacial score (nSPS) is 9.81. The zero-order chi connectivity index (χ0) is 12.1. The predicted octanol–water partition coefficient (Wildman–Crippen LogP) is 0.695. The average Bonchev–Trinajstić information content (AvgIpc) is 2.15. The van der Waals surface area contributed by atoms with E-state index >= 15 is 0 Å². The molecule has 1 aromatic rings. The van der Waals surface area contributed by atoms with Gasteiger partial charge in [-0.2, -0.15) is 0 Å². The standard InChI is InChI=1S/C9H10FN3O2S/c10-5-1-2-7(6(11)3-5)16-4-8(14)13-9(12)15/h1-3H,4,11H2,(H3,12,13,14,15). The molecule has 5 nitrogen and oxygen atoms in total. The fraction of sp³-hybridized carbons (Fsp3) is 0.111. The van der Waals surface area contributed by atoms with Crippen molar-refractivity contribution in [2.75, 3.05) is 11.5 Å². The van der Waals surface area contributed by atoms with Gasteiger partial charge in [-0.15, -0.1) is 11.8 Å². The molecule has 3 amide bonds. The zero-order valence-electron chi connectivity index (χ0n) is 8.20. The number of anilines is 1. The van der Waals surface area contributed by atoms with Crippen LogP contribution in [0.4, 0.5) is 14.9 Å². The topological polar surface area (TPSA) is 98.2 Å². The Labute approximate surface area is 95.4 Å². The maximum atomic E-state index is 12.7. The van der Waals surface area contributed by atoms with Gasteiger partial charge in [0.2, 0.25) is 5.91 Å². The Bertz CT molecular complexity index is 425. The first kappa shape index (κ1) is 12.3. The Morgan fingerprint density at radius 3 is 2.69 bits per heavy atom. The SMILES string of the molecule is NC(=O)NC(=O)CSc1ccc(F)cc1N. The number of carbonyl (C=O) groups is 2. The van der Waals surface area contributed by atoms with Gasteiger partial charge in [0.25, 0.3) is 0 Å². The average molecular weight is 243 g/mol. The van der Waals surface area contributed by atoms with E-state index in [9.17, 15) is 14.0 Å². The highest BCUT2D eigenvalue weighted by Crippen LogP contribution is 2.25. The summed E-state index contributed by atoms with van der Waals surface area (Å²) in [6.07, 6.45) is 0. The summed E-state index contributed by atoms with van der Waals surface area (Å²) < 4.78 is 12.7. The number of nitrogen functional groups attached to an aromatic ring is 1. The van der Waals surface area contributed by atoms with Crippen LogP contribution in [-0.4, -0.2) is 17.7 Å². The molecule has 86 valence electrons. The molecule has 0 atom stereocenters. The molecule has 1 rings (SSSR count). The van der Waals surface area contributed by atoms with Gasteiger partial charge in [-0.25, -0.2) is 9.18 Å². The smallest absolute Gasteiger partial charge is 0.318 e. The lowest BCUT2D eigenvalue weighted by molar-refractivity contribution is -0.117. The van der Waals surface area contributed by atoms with E-state index in [1.165, 1.54) is 12.1 Å². The van der Waals surface area contributed by atoms with E-state index < -0.39 is 17.8 Å². The summed E-state index contributed by atoms with van der Waals surface area (Å²) in [6.45, 7) is 0. The largest absolute Gasteiger partial charge is 0.398 e. The van der Waals surface area contributed by atoms with Crippen LogP contribution in [0.5, 0.6) is 0 Å². The number of halogens is 1. The van der Waals surface area contributed by atoms with E-state index in [1.54, 1.807) is 0 Å². The number of benzene rings is 1. The summed E-state index contributed by atoms with van der Waals surface area (Å²) in [5.74, 6) is -0.983. The number of urea groups is 1. The molecule has 0 heterocycles. The lowest BCUT2D eigenvalue weighted by atomic mass is 10.3. The van der Waals surface area contributed by atoms with Crippen LogP contribution in [-0.2, 0) is 4.79 Å². The molecule has 16 heavy (non-hydrogen) atoms. The predicted molar refractivity (Wildman–Crippen MR) is 59.3 cm³/mol. The van der Waals surface area contributed by atoms with E-state index in [4.69, 9.17) is 11.5 Å². The van der Waals surface area contributed by atoms with Gasteiger partial charge in [-0.05, 0) is 18.2 Å². The lowest BCUT2D eigenvalue weighted by Crippen LogP contribution is -2.36. The molecule has 0 spiro atoms. The molecule has 0 unspecified atom stereocenters. The second-order valence-corrected chi connectivity index (χ2v) is 3.90. The number of hydrogen-bond donors (Lipinski definition) is 3. The molecule has 0 saturated heterocycles. The highest BCUT2D eigenvalue weighted by atomic mass is 32.2. The van der Waals surface area contributed by atoms with Crippen molar-refractivity contribution in [2.24, 2.45) is 5.73 Å². The minimum Gasteiger partial charge on any atom is -0.398 e. The maximum Gasteiger partial charge on any atom is 0.318 e. The Morgan fingerprint density at radius 1 is 1.44 bits per heavy atom. The van der Waals surface area contributed by atoms with Gasteiger partial charge < -0.3 is 11.5 Å². The van der Waals surface area contributed by atoms with Gasteiger partial charge in [-0.1, -0.05) is 0 Å². The van der Waals surface area contributed by atoms with Crippen LogP contribution in [0.2, 0.25) is 0 Å². The van der Waals surface area contributed by atoms with Crippen LogP contribution >= 0.6 is 11.8 Å². The van der Waals surface area contributed by atoms with Gasteiger partial charge in [0.1, 0.15) is 5.82 Å². The second-order valence-electron chi connectivity index (χ2n) is 2.88. The number of hydrogen-bond acceptors (Lipinski definition) is 4. The number of primary amides is 1. The molecular weight excluding hydrogens is 233 g/mol. The van der Waals surface area contributed by atoms with Gasteiger partial charge in [-0.3, -0.25) is 10.1 Å². The van der Waals surface area contributed by atoms with Crippen LogP contribution in [0.1, 0.15) is 0 Å². The highest BCUT2D eigenvalue weighted by Gasteiger charge is 2.07. The molecule has 0 fully saturated rings. The van der Waals surface area contributed by atoms with Crippen molar-refractivity contribution < 1.29 is 14.0 Å². The van der Waals surface area contributed by atoms with Crippen LogP contribution in [0.3, 0.4) is 0 Å². The van der Waals surface area contributed by atoms with Crippen molar-refractivity contribution in [1.82, 2.24) is 5.32 Å². The first-order chi connectivity index (χ1) is 7.49. The van der Waals surface area contributed by atoms with Crippen molar-refractivity contribution in [3.63, 3.8) is 0 Å². The number of amides is 3. The summed E-state index contributed by atoms with van der Waals surface area (Å²) in [6, 6.07) is 2.96. The molecule has 0 saturated carbocycles. The minimum atomic E-state index is -0.905. The Balaban J connectivity index is 2.54. The summed E-state index contributed by atoms with van der Waals surface area (Å²) in [4.78, 5) is 22.0. The van der Waals surface area contributed by atoms with Crippen molar-refractivity contribution in [3.05, 3.63) is 24.0 Å². The minimum absolute atomic E-state index is 0.0151. The van der Waals surface area contributed by atoms with Crippen LogP contribution in [0.25, 0.3) is 0 Å². The van der Waals surface area contributed by atoms with Crippen molar-refractivity contribution in [2.45, 2.75) is 4.90 Å². The summed E-state index contributed by atoms with van der Waals surface area (Å²) >= 11 is 1.09. The fourth-order valence-corrected chi connectivity index (χ4v) is 1.72. The van der Waals surface area contributed by atoms with Crippen molar-refractivity contribution in [3.8, 4) is 0 Å². The number of thioether (sulfide) groups is 1. The molecule has 0 bridgehead atoms. The molecule has 0 aliphatic rings. The van der Waals surface area contributed by atoms with E-state index in [1.807, 2.05) is 5.32 Å². The molecule has 0 radical (unpaired) electrons. The van der Waals surface area contributed by atoms with Gasteiger partial charge in [0, 0.05) is 10.6 Å². The van der Waals surface area contributed by atoms with Gasteiger partial charge >= 0.3 is 6.03 Å². The molecule has 0 aromatic heterocycles. The first-order valence-electron chi connectivity index (χ1n) is 4.26. The van der Waals surface area contributed by atoms with Crippen LogP contribution < -0.4 is 16.8 Å². The molecule has 0 aliphatic carbocycles. The third-order valence-corrected chi connectivity index (χ3v) is 2.68. The van der Waals surface area contributed by atoms with Gasteiger partial charge in [0.15, 0.2) is 0 Å². The Hall–Kier alpha value is -1.76. The molecule has 7 heteroatoms. The lowest BCUT2D eigenvalue weighted by Gasteiger charge is -2.04. The second kappa shape index (κ2) is 5.36. The third-order valence-electron chi connectivity index (χ3n) is 1.59.